The fourth-order valence-electron chi connectivity index (χ4n) is 0.936. The predicted octanol–water partition coefficient (Wildman–Crippen LogP) is 3.15. The standard InChI is InChI=1S/C9H11BrO/c1-7-3-4-9(11-2)6-8(10)5-7/h3-5H,6H2,1-2H3. The Hall–Kier alpha value is -0.500. The minimum Gasteiger partial charge on any atom is -0.501 e. The molecule has 0 bridgehead atoms. The maximum Gasteiger partial charge on any atom is 0.100 e. The molecule has 11 heavy (non-hydrogen) atoms. The van der Waals surface area contributed by atoms with Crippen LogP contribution in [0, 0.1) is 0 Å². The van der Waals surface area contributed by atoms with Crippen LogP contribution in [0.4, 0.5) is 0 Å². The molecular formula is C9H11BrO. The topological polar surface area (TPSA) is 9.23 Å². The van der Waals surface area contributed by atoms with Gasteiger partial charge in [-0.1, -0.05) is 27.6 Å². The van der Waals surface area contributed by atoms with E-state index in [1.165, 1.54) is 5.57 Å². The van der Waals surface area contributed by atoms with Crippen molar-refractivity contribution < 1.29 is 4.74 Å². The average molecular weight is 215 g/mol. The van der Waals surface area contributed by atoms with Gasteiger partial charge in [0.25, 0.3) is 0 Å². The third-order valence-electron chi connectivity index (χ3n) is 1.52. The first-order valence-corrected chi connectivity index (χ1v) is 4.29. The van der Waals surface area contributed by atoms with Crippen LogP contribution in [-0.4, -0.2) is 7.11 Å². The van der Waals surface area contributed by atoms with Crippen LogP contribution in [0.25, 0.3) is 0 Å². The van der Waals surface area contributed by atoms with E-state index >= 15 is 0 Å². The van der Waals surface area contributed by atoms with Gasteiger partial charge in [-0.25, -0.2) is 0 Å². The number of hydrogen-bond acceptors (Lipinski definition) is 1. The average Bonchev–Trinajstić information content (AvgIpc) is 2.11. The highest BCUT2D eigenvalue weighted by Crippen LogP contribution is 2.22. The third kappa shape index (κ3) is 2.54. The zero-order valence-corrected chi connectivity index (χ0v) is 8.31. The normalized spacial score (nSPS) is 17.9. The van der Waals surface area contributed by atoms with Crippen molar-refractivity contribution in [1.29, 1.82) is 0 Å². The summed E-state index contributed by atoms with van der Waals surface area (Å²) in [5.74, 6) is 0.991. The third-order valence-corrected chi connectivity index (χ3v) is 2.03. The van der Waals surface area contributed by atoms with Crippen LogP contribution in [0.2, 0.25) is 0 Å². The Bertz CT molecular complexity index is 236. The van der Waals surface area contributed by atoms with Crippen LogP contribution in [-0.2, 0) is 4.74 Å². The number of hydrogen-bond donors (Lipinski definition) is 0. The summed E-state index contributed by atoms with van der Waals surface area (Å²) in [6.45, 7) is 2.07. The lowest BCUT2D eigenvalue weighted by atomic mass is 10.3. The van der Waals surface area contributed by atoms with Crippen molar-refractivity contribution in [3.63, 3.8) is 0 Å². The molecule has 0 radical (unpaired) electrons. The maximum atomic E-state index is 5.14. The fraction of sp³-hybridized carbons (Fsp3) is 0.333. The van der Waals surface area contributed by atoms with E-state index in [-0.39, 0.29) is 0 Å². The number of halogens is 1. The van der Waals surface area contributed by atoms with E-state index in [9.17, 15) is 0 Å². The Morgan fingerprint density at radius 2 is 2.18 bits per heavy atom. The molecule has 0 unspecified atom stereocenters. The molecule has 0 fully saturated rings. The molecule has 0 atom stereocenters. The largest absolute Gasteiger partial charge is 0.501 e. The number of allylic oxidation sites excluding steroid dienone is 5. The van der Waals surface area contributed by atoms with E-state index < -0.39 is 0 Å². The Balaban J connectivity index is 2.85. The summed E-state index contributed by atoms with van der Waals surface area (Å²) >= 11 is 3.46. The lowest BCUT2D eigenvalue weighted by molar-refractivity contribution is 0.285. The highest BCUT2D eigenvalue weighted by atomic mass is 79.9. The van der Waals surface area contributed by atoms with Gasteiger partial charge >= 0.3 is 0 Å². The first-order valence-electron chi connectivity index (χ1n) is 3.50. The molecule has 0 aromatic heterocycles. The van der Waals surface area contributed by atoms with Crippen molar-refractivity contribution in [2.45, 2.75) is 13.3 Å². The molecule has 0 spiro atoms. The van der Waals surface area contributed by atoms with Crippen molar-refractivity contribution in [1.82, 2.24) is 0 Å². The zero-order valence-electron chi connectivity index (χ0n) is 6.73. The summed E-state index contributed by atoms with van der Waals surface area (Å²) in [5.41, 5.74) is 1.24. The molecule has 1 aliphatic carbocycles. The van der Waals surface area contributed by atoms with Crippen LogP contribution >= 0.6 is 15.9 Å². The van der Waals surface area contributed by atoms with Crippen molar-refractivity contribution in [2.75, 3.05) is 7.11 Å². The minimum absolute atomic E-state index is 0.852. The van der Waals surface area contributed by atoms with Crippen molar-refractivity contribution in [3.8, 4) is 0 Å². The zero-order chi connectivity index (χ0) is 8.27. The van der Waals surface area contributed by atoms with Crippen LogP contribution < -0.4 is 0 Å². The lowest BCUT2D eigenvalue weighted by Crippen LogP contribution is -1.84. The SMILES string of the molecule is COC1=CC=C(C)C=C(Br)C1. The predicted molar refractivity (Wildman–Crippen MR) is 50.5 cm³/mol. The summed E-state index contributed by atoms with van der Waals surface area (Å²) < 4.78 is 6.30. The molecule has 0 heterocycles. The molecule has 1 aliphatic rings. The molecule has 0 aliphatic heterocycles. The second-order valence-electron chi connectivity index (χ2n) is 2.52. The van der Waals surface area contributed by atoms with E-state index in [1.54, 1.807) is 7.11 Å². The molecule has 0 saturated carbocycles. The van der Waals surface area contributed by atoms with Gasteiger partial charge in [0.2, 0.25) is 0 Å². The summed E-state index contributed by atoms with van der Waals surface area (Å²) in [6, 6.07) is 0. The van der Waals surface area contributed by atoms with Gasteiger partial charge in [0.05, 0.1) is 7.11 Å². The number of ether oxygens (including phenoxy) is 1. The summed E-state index contributed by atoms with van der Waals surface area (Å²) in [6.07, 6.45) is 7.00. The maximum absolute atomic E-state index is 5.14. The second kappa shape index (κ2) is 3.77. The van der Waals surface area contributed by atoms with E-state index in [4.69, 9.17) is 4.74 Å². The molecule has 60 valence electrons. The van der Waals surface area contributed by atoms with Crippen molar-refractivity contribution in [3.05, 3.63) is 34.0 Å². The quantitative estimate of drug-likeness (QED) is 0.652. The Kier molecular flexibility index (Phi) is 2.94. The molecule has 0 saturated heterocycles. The minimum atomic E-state index is 0.852. The smallest absolute Gasteiger partial charge is 0.100 e. The molecule has 0 N–H and O–H groups in total. The van der Waals surface area contributed by atoms with Crippen LogP contribution in [0.15, 0.2) is 34.0 Å². The van der Waals surface area contributed by atoms with Gasteiger partial charge in [0.1, 0.15) is 5.76 Å². The molecule has 1 nitrogen and oxygen atoms in total. The van der Waals surface area contributed by atoms with Gasteiger partial charge in [-0.2, -0.15) is 0 Å². The van der Waals surface area contributed by atoms with Crippen LogP contribution in [0.3, 0.4) is 0 Å². The van der Waals surface area contributed by atoms with Crippen LogP contribution in [0.1, 0.15) is 13.3 Å². The van der Waals surface area contributed by atoms with Gasteiger partial charge in [-0.15, -0.1) is 0 Å². The highest BCUT2D eigenvalue weighted by molar-refractivity contribution is 9.11. The molecule has 1 rings (SSSR count). The van der Waals surface area contributed by atoms with Gasteiger partial charge in [-0.3, -0.25) is 0 Å². The van der Waals surface area contributed by atoms with Gasteiger partial charge in [-0.05, 0) is 19.1 Å². The van der Waals surface area contributed by atoms with E-state index in [1.807, 2.05) is 12.2 Å². The monoisotopic (exact) mass is 214 g/mol. The molecular weight excluding hydrogens is 204 g/mol. The summed E-state index contributed by atoms with van der Waals surface area (Å²) in [4.78, 5) is 0. The van der Waals surface area contributed by atoms with Gasteiger partial charge in [0.15, 0.2) is 0 Å². The molecule has 0 aromatic rings. The lowest BCUT2D eigenvalue weighted by Gasteiger charge is -2.01. The fourth-order valence-corrected chi connectivity index (χ4v) is 1.57. The Morgan fingerprint density at radius 1 is 1.45 bits per heavy atom. The highest BCUT2D eigenvalue weighted by Gasteiger charge is 2.01. The molecule has 2 heteroatoms. The summed E-state index contributed by atoms with van der Waals surface area (Å²) in [5, 5.41) is 0. The first-order chi connectivity index (χ1) is 5.22. The number of rotatable bonds is 1. The van der Waals surface area contributed by atoms with Gasteiger partial charge < -0.3 is 4.74 Å². The van der Waals surface area contributed by atoms with Crippen LogP contribution in [0.5, 0.6) is 0 Å². The van der Waals surface area contributed by atoms with Gasteiger partial charge in [0, 0.05) is 10.9 Å². The number of methoxy groups -OCH3 is 1. The van der Waals surface area contributed by atoms with E-state index in [2.05, 4.69) is 28.9 Å². The first kappa shape index (κ1) is 8.60. The second-order valence-corrected chi connectivity index (χ2v) is 3.53. The van der Waals surface area contributed by atoms with Crippen molar-refractivity contribution in [2.24, 2.45) is 0 Å². The Labute approximate surface area is 75.6 Å². The Morgan fingerprint density at radius 3 is 2.82 bits per heavy atom. The molecule has 0 amide bonds. The van der Waals surface area contributed by atoms with E-state index in [0.29, 0.717) is 0 Å². The molecule has 0 aromatic carbocycles. The van der Waals surface area contributed by atoms with Crippen molar-refractivity contribution >= 4 is 15.9 Å². The summed E-state index contributed by atoms with van der Waals surface area (Å²) in [7, 11) is 1.70. The van der Waals surface area contributed by atoms with E-state index in [0.717, 1.165) is 16.7 Å².